The second-order valence-corrected chi connectivity index (χ2v) is 7.55. The standard InChI is InChI=1S/C19H27ClN2O/c1-21-13-15-5-4-12-22(14-15)18(23)19(10-2-3-11-19)16-6-8-17(20)9-7-16/h6-9,15,21H,2-5,10-14H2,1H3. The molecular weight excluding hydrogens is 308 g/mol. The maximum atomic E-state index is 13.4. The lowest BCUT2D eigenvalue weighted by atomic mass is 9.77. The summed E-state index contributed by atoms with van der Waals surface area (Å²) in [4.78, 5) is 15.6. The Balaban J connectivity index is 1.83. The van der Waals surface area contributed by atoms with Crippen LogP contribution in [0.4, 0.5) is 0 Å². The molecule has 0 spiro atoms. The highest BCUT2D eigenvalue weighted by Gasteiger charge is 2.45. The molecule has 1 saturated heterocycles. The first-order valence-electron chi connectivity index (χ1n) is 8.86. The molecule has 0 bridgehead atoms. The van der Waals surface area contributed by atoms with Crippen molar-refractivity contribution in [1.82, 2.24) is 10.2 Å². The first-order chi connectivity index (χ1) is 11.2. The summed E-state index contributed by atoms with van der Waals surface area (Å²) in [6.45, 7) is 2.81. The highest BCUT2D eigenvalue weighted by atomic mass is 35.5. The lowest BCUT2D eigenvalue weighted by Gasteiger charge is -2.39. The fourth-order valence-electron chi connectivity index (χ4n) is 4.38. The van der Waals surface area contributed by atoms with E-state index in [1.807, 2.05) is 19.2 Å². The third kappa shape index (κ3) is 3.41. The van der Waals surface area contributed by atoms with E-state index >= 15 is 0 Å². The molecule has 1 heterocycles. The maximum Gasteiger partial charge on any atom is 0.233 e. The SMILES string of the molecule is CNCC1CCCN(C(=O)C2(c3ccc(Cl)cc3)CCCC2)C1. The van der Waals surface area contributed by atoms with E-state index in [1.165, 1.54) is 6.42 Å². The van der Waals surface area contributed by atoms with Crippen LogP contribution in [0, 0.1) is 5.92 Å². The lowest BCUT2D eigenvalue weighted by Crippen LogP contribution is -2.50. The Hall–Kier alpha value is -1.06. The smallest absolute Gasteiger partial charge is 0.233 e. The van der Waals surface area contributed by atoms with Crippen molar-refractivity contribution in [1.29, 1.82) is 0 Å². The van der Waals surface area contributed by atoms with Gasteiger partial charge in [-0.2, -0.15) is 0 Å². The molecule has 1 aliphatic carbocycles. The molecule has 2 aliphatic rings. The van der Waals surface area contributed by atoms with Crippen LogP contribution in [-0.2, 0) is 10.2 Å². The number of rotatable bonds is 4. The van der Waals surface area contributed by atoms with Crippen LogP contribution in [0.5, 0.6) is 0 Å². The van der Waals surface area contributed by atoms with Gasteiger partial charge in [-0.3, -0.25) is 4.79 Å². The summed E-state index contributed by atoms with van der Waals surface area (Å²) in [5, 5.41) is 4.00. The van der Waals surface area contributed by atoms with Gasteiger partial charge < -0.3 is 10.2 Å². The van der Waals surface area contributed by atoms with E-state index in [9.17, 15) is 4.79 Å². The lowest BCUT2D eigenvalue weighted by molar-refractivity contribution is -0.139. The van der Waals surface area contributed by atoms with Gasteiger partial charge >= 0.3 is 0 Å². The molecule has 23 heavy (non-hydrogen) atoms. The van der Waals surface area contributed by atoms with Crippen LogP contribution < -0.4 is 5.32 Å². The Morgan fingerprint density at radius 3 is 2.61 bits per heavy atom. The van der Waals surface area contributed by atoms with E-state index in [1.54, 1.807) is 0 Å². The molecule has 126 valence electrons. The van der Waals surface area contributed by atoms with Crippen molar-refractivity contribution in [2.24, 2.45) is 5.92 Å². The van der Waals surface area contributed by atoms with E-state index in [0.717, 1.165) is 62.3 Å². The summed E-state index contributed by atoms with van der Waals surface area (Å²) in [5.41, 5.74) is 0.840. The largest absolute Gasteiger partial charge is 0.342 e. The van der Waals surface area contributed by atoms with Crippen LogP contribution in [-0.4, -0.2) is 37.5 Å². The van der Waals surface area contributed by atoms with Crippen LogP contribution in [0.1, 0.15) is 44.1 Å². The molecule has 1 saturated carbocycles. The fraction of sp³-hybridized carbons (Fsp3) is 0.632. The average molecular weight is 335 g/mol. The molecule has 2 fully saturated rings. The zero-order valence-corrected chi connectivity index (χ0v) is 14.7. The molecule has 1 unspecified atom stereocenters. The number of hydrogen-bond acceptors (Lipinski definition) is 2. The number of benzene rings is 1. The van der Waals surface area contributed by atoms with Crippen LogP contribution in [0.15, 0.2) is 24.3 Å². The minimum atomic E-state index is -0.313. The average Bonchev–Trinajstić information content (AvgIpc) is 3.06. The molecule has 1 aromatic rings. The predicted octanol–water partition coefficient (Wildman–Crippen LogP) is 3.61. The number of piperidine rings is 1. The van der Waals surface area contributed by atoms with Crippen molar-refractivity contribution in [2.75, 3.05) is 26.7 Å². The first kappa shape index (κ1) is 16.8. The quantitative estimate of drug-likeness (QED) is 0.912. The zero-order valence-electron chi connectivity index (χ0n) is 14.0. The predicted molar refractivity (Wildman–Crippen MR) is 94.8 cm³/mol. The molecule has 1 amide bonds. The third-order valence-electron chi connectivity index (χ3n) is 5.56. The number of halogens is 1. The van der Waals surface area contributed by atoms with Crippen molar-refractivity contribution in [2.45, 2.75) is 43.9 Å². The molecular formula is C19H27ClN2O. The third-order valence-corrected chi connectivity index (χ3v) is 5.81. The summed E-state index contributed by atoms with van der Waals surface area (Å²) in [5.74, 6) is 0.930. The summed E-state index contributed by atoms with van der Waals surface area (Å²) in [7, 11) is 1.99. The summed E-state index contributed by atoms with van der Waals surface area (Å²) in [6.07, 6.45) is 6.57. The minimum absolute atomic E-state index is 0.313. The van der Waals surface area contributed by atoms with Crippen molar-refractivity contribution in [3.8, 4) is 0 Å². The fourth-order valence-corrected chi connectivity index (χ4v) is 4.51. The highest BCUT2D eigenvalue weighted by molar-refractivity contribution is 6.30. The molecule has 0 radical (unpaired) electrons. The van der Waals surface area contributed by atoms with Gasteiger partial charge in [0, 0.05) is 18.1 Å². The van der Waals surface area contributed by atoms with Gasteiger partial charge in [-0.1, -0.05) is 36.6 Å². The van der Waals surface area contributed by atoms with E-state index < -0.39 is 0 Å². The minimum Gasteiger partial charge on any atom is -0.342 e. The van der Waals surface area contributed by atoms with Crippen molar-refractivity contribution >= 4 is 17.5 Å². The Labute approximate surface area is 144 Å². The van der Waals surface area contributed by atoms with Gasteiger partial charge in [0.05, 0.1) is 5.41 Å². The van der Waals surface area contributed by atoms with Gasteiger partial charge in [-0.25, -0.2) is 0 Å². The van der Waals surface area contributed by atoms with Gasteiger partial charge in [0.15, 0.2) is 0 Å². The van der Waals surface area contributed by atoms with Gasteiger partial charge in [-0.05, 0) is 62.9 Å². The van der Waals surface area contributed by atoms with E-state index in [0.29, 0.717) is 11.8 Å². The monoisotopic (exact) mass is 334 g/mol. The van der Waals surface area contributed by atoms with Crippen molar-refractivity contribution < 1.29 is 4.79 Å². The van der Waals surface area contributed by atoms with Gasteiger partial charge in [0.2, 0.25) is 5.91 Å². The van der Waals surface area contributed by atoms with E-state index in [2.05, 4.69) is 22.3 Å². The molecule has 1 aliphatic heterocycles. The van der Waals surface area contributed by atoms with Crippen LogP contribution in [0.3, 0.4) is 0 Å². The van der Waals surface area contributed by atoms with Crippen molar-refractivity contribution in [3.63, 3.8) is 0 Å². The molecule has 1 aromatic carbocycles. The molecule has 3 rings (SSSR count). The van der Waals surface area contributed by atoms with Crippen molar-refractivity contribution in [3.05, 3.63) is 34.9 Å². The van der Waals surface area contributed by atoms with Gasteiger partial charge in [-0.15, -0.1) is 0 Å². The summed E-state index contributed by atoms with van der Waals surface area (Å²) < 4.78 is 0. The highest BCUT2D eigenvalue weighted by Crippen LogP contribution is 2.43. The Bertz CT molecular complexity index is 535. The Morgan fingerprint density at radius 2 is 1.96 bits per heavy atom. The van der Waals surface area contributed by atoms with Gasteiger partial charge in [0.25, 0.3) is 0 Å². The first-order valence-corrected chi connectivity index (χ1v) is 9.23. The van der Waals surface area contributed by atoms with E-state index in [4.69, 9.17) is 11.6 Å². The zero-order chi connectivity index (χ0) is 16.3. The number of amides is 1. The number of hydrogen-bond donors (Lipinski definition) is 1. The Kier molecular flexibility index (Phi) is 5.27. The van der Waals surface area contributed by atoms with E-state index in [-0.39, 0.29) is 5.41 Å². The van der Waals surface area contributed by atoms with Crippen LogP contribution in [0.2, 0.25) is 5.02 Å². The number of likely N-dealkylation sites (tertiary alicyclic amines) is 1. The molecule has 4 heteroatoms. The topological polar surface area (TPSA) is 32.3 Å². The molecule has 0 aromatic heterocycles. The molecule has 1 atom stereocenters. The number of carbonyl (C=O) groups excluding carboxylic acids is 1. The van der Waals surface area contributed by atoms with Crippen LogP contribution >= 0.6 is 11.6 Å². The molecule has 1 N–H and O–H groups in total. The summed E-state index contributed by atoms with van der Waals surface area (Å²) >= 11 is 6.04. The number of nitrogens with one attached hydrogen (secondary N) is 1. The van der Waals surface area contributed by atoms with Gasteiger partial charge in [0.1, 0.15) is 0 Å². The Morgan fingerprint density at radius 1 is 1.26 bits per heavy atom. The van der Waals surface area contributed by atoms with Crippen LogP contribution in [0.25, 0.3) is 0 Å². The maximum absolute atomic E-state index is 13.4. The number of nitrogens with zero attached hydrogens (tertiary/aromatic N) is 1. The second-order valence-electron chi connectivity index (χ2n) is 7.11. The molecule has 3 nitrogen and oxygen atoms in total. The summed E-state index contributed by atoms with van der Waals surface area (Å²) in [6, 6.07) is 7.95. The number of carbonyl (C=O) groups is 1. The second kappa shape index (κ2) is 7.23. The normalized spacial score (nSPS) is 23.9.